The Kier molecular flexibility index (Phi) is 11.3. The van der Waals surface area contributed by atoms with Crippen LogP contribution in [0.15, 0.2) is 103 Å². The third kappa shape index (κ3) is 9.64. The van der Waals surface area contributed by atoms with Gasteiger partial charge in [-0.25, -0.2) is 9.59 Å². The van der Waals surface area contributed by atoms with Crippen molar-refractivity contribution in [3.63, 3.8) is 0 Å². The van der Waals surface area contributed by atoms with Gasteiger partial charge in [-0.3, -0.25) is 9.59 Å². The Morgan fingerprint density at radius 2 is 1.27 bits per heavy atom. The molecule has 0 aromatic heterocycles. The topological polar surface area (TPSA) is 149 Å². The van der Waals surface area contributed by atoms with Gasteiger partial charge in [-0.05, 0) is 16.7 Å². The second-order valence-corrected chi connectivity index (χ2v) is 8.79. The van der Waals surface area contributed by atoms with Crippen molar-refractivity contribution in [2.24, 2.45) is 5.73 Å². The van der Waals surface area contributed by atoms with Crippen molar-refractivity contribution in [3.8, 4) is 0 Å². The van der Waals surface area contributed by atoms with E-state index in [1.165, 1.54) is 7.11 Å². The van der Waals surface area contributed by atoms with Gasteiger partial charge >= 0.3 is 12.1 Å². The number of benzene rings is 3. The fourth-order valence-electron chi connectivity index (χ4n) is 3.74. The van der Waals surface area contributed by atoms with E-state index in [1.807, 2.05) is 54.6 Å². The predicted octanol–water partition coefficient (Wildman–Crippen LogP) is 2.34. The molecule has 0 heterocycles. The van der Waals surface area contributed by atoms with Crippen LogP contribution < -0.4 is 21.7 Å². The Bertz CT molecular complexity index is 1300. The van der Waals surface area contributed by atoms with E-state index in [9.17, 15) is 19.2 Å². The fourth-order valence-corrected chi connectivity index (χ4v) is 3.74. The number of primary amides is 1. The van der Waals surface area contributed by atoms with Crippen LogP contribution in [0.4, 0.5) is 4.79 Å². The molecule has 208 valence electrons. The van der Waals surface area contributed by atoms with Crippen molar-refractivity contribution < 1.29 is 28.7 Å². The molecule has 3 amide bonds. The largest absolute Gasteiger partial charge is 0.467 e. The highest BCUT2D eigenvalue weighted by Gasteiger charge is 2.25. The second-order valence-electron chi connectivity index (χ2n) is 8.79. The summed E-state index contributed by atoms with van der Waals surface area (Å²) in [6, 6.07) is 25.4. The van der Waals surface area contributed by atoms with E-state index in [2.05, 4.69) is 16.0 Å². The van der Waals surface area contributed by atoms with Gasteiger partial charge in [-0.2, -0.15) is 0 Å². The molecular formula is C30H32N4O6. The van der Waals surface area contributed by atoms with Crippen LogP contribution in [0.2, 0.25) is 0 Å². The molecule has 0 unspecified atom stereocenters. The number of ether oxygens (including phenoxy) is 2. The minimum atomic E-state index is -1.10. The molecule has 0 saturated heterocycles. The van der Waals surface area contributed by atoms with E-state index in [0.717, 1.165) is 22.9 Å². The van der Waals surface area contributed by atoms with E-state index < -0.39 is 36.0 Å². The van der Waals surface area contributed by atoms with Crippen molar-refractivity contribution in [1.82, 2.24) is 16.0 Å². The van der Waals surface area contributed by atoms with Crippen molar-refractivity contribution in [1.29, 1.82) is 0 Å². The summed E-state index contributed by atoms with van der Waals surface area (Å²) in [6.07, 6.45) is 0.718. The van der Waals surface area contributed by atoms with Gasteiger partial charge in [-0.15, -0.1) is 0 Å². The quantitative estimate of drug-likeness (QED) is 0.191. The number of carbonyl (C=O) groups excluding carboxylic acids is 4. The molecule has 2 atom stereocenters. The molecule has 3 aromatic carbocycles. The number of alkyl carbamates (subject to hydrolysis) is 1. The van der Waals surface area contributed by atoms with Crippen LogP contribution in [0.5, 0.6) is 0 Å². The van der Waals surface area contributed by atoms with E-state index in [1.54, 1.807) is 36.4 Å². The molecule has 0 spiro atoms. The molecule has 0 aliphatic carbocycles. The fraction of sp³-hybridized carbons (Fsp3) is 0.200. The smallest absolute Gasteiger partial charge is 0.408 e. The van der Waals surface area contributed by atoms with Crippen LogP contribution >= 0.6 is 0 Å². The minimum Gasteiger partial charge on any atom is -0.467 e. The summed E-state index contributed by atoms with van der Waals surface area (Å²) in [4.78, 5) is 50.3. The summed E-state index contributed by atoms with van der Waals surface area (Å²) in [5.74, 6) is -2.22. The number of nitrogens with two attached hydrogens (primary N) is 1. The highest BCUT2D eigenvalue weighted by atomic mass is 16.5. The Morgan fingerprint density at radius 3 is 1.77 bits per heavy atom. The van der Waals surface area contributed by atoms with Gasteiger partial charge in [0.15, 0.2) is 0 Å². The van der Waals surface area contributed by atoms with Crippen LogP contribution in [0.3, 0.4) is 0 Å². The summed E-state index contributed by atoms with van der Waals surface area (Å²) >= 11 is 0. The van der Waals surface area contributed by atoms with Crippen LogP contribution in [0.1, 0.15) is 16.7 Å². The lowest BCUT2D eigenvalue weighted by molar-refractivity contribution is -0.142. The number of methoxy groups -OCH3 is 1. The average Bonchev–Trinajstić information content (AvgIpc) is 2.98. The molecule has 0 aliphatic rings. The lowest BCUT2D eigenvalue weighted by Crippen LogP contribution is -2.49. The molecule has 3 aromatic rings. The molecule has 0 fully saturated rings. The number of carbonyl (C=O) groups is 4. The van der Waals surface area contributed by atoms with Crippen molar-refractivity contribution in [2.75, 3.05) is 7.11 Å². The van der Waals surface area contributed by atoms with Gasteiger partial charge in [0.1, 0.15) is 24.4 Å². The monoisotopic (exact) mass is 544 g/mol. The van der Waals surface area contributed by atoms with E-state index >= 15 is 0 Å². The zero-order valence-corrected chi connectivity index (χ0v) is 22.0. The number of hydrogen-bond acceptors (Lipinski definition) is 7. The third-order valence-corrected chi connectivity index (χ3v) is 5.82. The number of rotatable bonds is 13. The molecule has 10 nitrogen and oxygen atoms in total. The van der Waals surface area contributed by atoms with Gasteiger partial charge in [-0.1, -0.05) is 91.0 Å². The van der Waals surface area contributed by atoms with Gasteiger partial charge in [0, 0.05) is 19.0 Å². The molecule has 0 saturated carbocycles. The molecule has 0 aliphatic heterocycles. The summed E-state index contributed by atoms with van der Waals surface area (Å²) < 4.78 is 10.1. The lowest BCUT2D eigenvalue weighted by Gasteiger charge is -2.20. The number of amides is 3. The van der Waals surface area contributed by atoms with Crippen molar-refractivity contribution in [3.05, 3.63) is 120 Å². The summed E-state index contributed by atoms with van der Waals surface area (Å²) in [5, 5.41) is 7.82. The highest BCUT2D eigenvalue weighted by Crippen LogP contribution is 2.08. The first-order valence-corrected chi connectivity index (χ1v) is 12.6. The van der Waals surface area contributed by atoms with E-state index in [-0.39, 0.29) is 25.1 Å². The lowest BCUT2D eigenvalue weighted by atomic mass is 10.1. The maximum Gasteiger partial charge on any atom is 0.408 e. The van der Waals surface area contributed by atoms with E-state index in [4.69, 9.17) is 15.2 Å². The summed E-state index contributed by atoms with van der Waals surface area (Å²) in [7, 11) is 1.25. The zero-order chi connectivity index (χ0) is 28.7. The van der Waals surface area contributed by atoms with Crippen molar-refractivity contribution >= 4 is 23.9 Å². The van der Waals surface area contributed by atoms with Crippen LogP contribution in [0.25, 0.3) is 0 Å². The number of hydrogen-bond donors (Lipinski definition) is 4. The Labute approximate surface area is 232 Å². The summed E-state index contributed by atoms with van der Waals surface area (Å²) in [6.45, 7) is 0.0129. The maximum atomic E-state index is 13.2. The zero-order valence-electron chi connectivity index (χ0n) is 22.0. The normalized spacial score (nSPS) is 12.4. The van der Waals surface area contributed by atoms with Crippen LogP contribution in [0, 0.1) is 0 Å². The highest BCUT2D eigenvalue weighted by molar-refractivity contribution is 5.98. The van der Waals surface area contributed by atoms with Gasteiger partial charge in [0.25, 0.3) is 5.91 Å². The predicted molar refractivity (Wildman–Crippen MR) is 148 cm³/mol. The van der Waals surface area contributed by atoms with Crippen LogP contribution in [-0.4, -0.2) is 43.1 Å². The molecule has 0 radical (unpaired) electrons. The van der Waals surface area contributed by atoms with Crippen molar-refractivity contribution in [2.45, 2.75) is 31.5 Å². The SMILES string of the molecule is COC(=O)[C@H](Cc1ccccc1)N/C=C(/NC(=O)[C@H](Cc1ccccc1)NC(=O)OCc1ccccc1)C(N)=O. The Morgan fingerprint density at radius 1 is 0.775 bits per heavy atom. The van der Waals surface area contributed by atoms with Crippen LogP contribution in [-0.2, 0) is 43.3 Å². The van der Waals surface area contributed by atoms with E-state index in [0.29, 0.717) is 0 Å². The first-order valence-electron chi connectivity index (χ1n) is 12.6. The third-order valence-electron chi connectivity index (χ3n) is 5.82. The Balaban J connectivity index is 1.72. The first-order chi connectivity index (χ1) is 19.4. The first kappa shape index (κ1) is 29.4. The maximum absolute atomic E-state index is 13.2. The molecule has 0 bridgehead atoms. The van der Waals surface area contributed by atoms with Gasteiger partial charge in [0.2, 0.25) is 5.91 Å². The average molecular weight is 545 g/mol. The van der Waals surface area contributed by atoms with Gasteiger partial charge in [0.05, 0.1) is 7.11 Å². The molecule has 10 heteroatoms. The number of esters is 1. The Hall–Kier alpha value is -5.12. The minimum absolute atomic E-state index is 0.0129. The number of nitrogens with one attached hydrogen (secondary N) is 3. The second kappa shape index (κ2) is 15.3. The standard InChI is InChI=1S/C30H32N4O6/c1-39-29(37)25(18-22-13-7-3-8-14-22)32-19-26(27(31)35)33-28(36)24(17-21-11-5-2-6-12-21)34-30(38)40-20-23-15-9-4-10-16-23/h2-16,19,24-25,32H,17-18,20H2,1H3,(H2,31,35)(H,33,36)(H,34,38)/b26-19+/t24-,25-/m0/s1. The molecule has 5 N–H and O–H groups in total. The molecule has 3 rings (SSSR count). The van der Waals surface area contributed by atoms with Gasteiger partial charge < -0.3 is 31.2 Å². The summed E-state index contributed by atoms with van der Waals surface area (Å²) in [5.41, 5.74) is 7.60. The molecular weight excluding hydrogens is 512 g/mol. The molecule has 40 heavy (non-hydrogen) atoms.